The zero-order valence-electron chi connectivity index (χ0n) is 21.1. The highest BCUT2D eigenvalue weighted by molar-refractivity contribution is 5.78. The Balaban J connectivity index is 1.40. The van der Waals surface area contributed by atoms with E-state index in [4.69, 9.17) is 9.47 Å². The van der Waals surface area contributed by atoms with E-state index >= 15 is 0 Å². The maximum absolute atomic E-state index is 13.5. The van der Waals surface area contributed by atoms with Crippen molar-refractivity contribution in [1.82, 2.24) is 10.2 Å². The predicted octanol–water partition coefficient (Wildman–Crippen LogP) is 4.53. The van der Waals surface area contributed by atoms with Gasteiger partial charge in [0.05, 0.1) is 13.2 Å². The van der Waals surface area contributed by atoms with Gasteiger partial charge in [0.2, 0.25) is 5.91 Å². The molecule has 6 heteroatoms. The number of ether oxygens (including phenoxy) is 2. The van der Waals surface area contributed by atoms with E-state index in [1.807, 2.05) is 24.8 Å². The van der Waals surface area contributed by atoms with Crippen LogP contribution in [0.4, 0.5) is 5.69 Å². The summed E-state index contributed by atoms with van der Waals surface area (Å²) in [4.78, 5) is 15.5. The second-order valence-corrected chi connectivity index (χ2v) is 10.1. The highest BCUT2D eigenvalue weighted by Crippen LogP contribution is 2.35. The maximum Gasteiger partial charge on any atom is 0.226 e. The van der Waals surface area contributed by atoms with Gasteiger partial charge in [-0.2, -0.15) is 0 Å². The monoisotopic (exact) mass is 465 g/mol. The number of carbonyl (C=O) groups is 1. The Morgan fingerprint density at radius 3 is 2.82 bits per heavy atom. The molecular weight excluding hydrogens is 426 g/mol. The summed E-state index contributed by atoms with van der Waals surface area (Å²) in [5.74, 6) is 2.11. The molecule has 2 aromatic rings. The van der Waals surface area contributed by atoms with Gasteiger partial charge in [-0.1, -0.05) is 39.0 Å². The molecule has 0 aliphatic carbocycles. The van der Waals surface area contributed by atoms with Crippen molar-refractivity contribution in [3.05, 3.63) is 52.6 Å². The number of hydrogen-bond donors (Lipinski definition) is 2. The Bertz CT molecular complexity index is 1000. The van der Waals surface area contributed by atoms with Gasteiger partial charge in [0.25, 0.3) is 0 Å². The number of amides is 1. The number of nitrogens with zero attached hydrogens (tertiary/aromatic N) is 1. The van der Waals surface area contributed by atoms with Gasteiger partial charge < -0.3 is 25.0 Å². The standard InChI is InChI=1S/C28H39N3O3/c1-19(2)17-31(18-22-13-20(3)27-26(14-22)33-11-6-12-34-27)28(32)21(4)15-29-16-23-7-5-8-25-24(23)9-10-30-25/h5,7-8,13-14,19,21,29-30H,6,9-12,15-18H2,1-4H3. The van der Waals surface area contributed by atoms with E-state index in [0.29, 0.717) is 32.2 Å². The normalized spacial score (nSPS) is 15.4. The van der Waals surface area contributed by atoms with E-state index < -0.39 is 0 Å². The molecule has 34 heavy (non-hydrogen) atoms. The lowest BCUT2D eigenvalue weighted by molar-refractivity contribution is -0.136. The first-order valence-electron chi connectivity index (χ1n) is 12.7. The van der Waals surface area contributed by atoms with Crippen LogP contribution in [0.3, 0.4) is 0 Å². The lowest BCUT2D eigenvalue weighted by Crippen LogP contribution is -2.40. The van der Waals surface area contributed by atoms with Gasteiger partial charge in [-0.25, -0.2) is 0 Å². The first kappa shape index (κ1) is 24.4. The molecule has 0 saturated carbocycles. The summed E-state index contributed by atoms with van der Waals surface area (Å²) >= 11 is 0. The number of aryl methyl sites for hydroxylation is 1. The van der Waals surface area contributed by atoms with Crippen LogP contribution in [-0.4, -0.2) is 43.7 Å². The fraction of sp³-hybridized carbons (Fsp3) is 0.536. The van der Waals surface area contributed by atoms with Gasteiger partial charge in [-0.3, -0.25) is 4.79 Å². The van der Waals surface area contributed by atoms with Crippen LogP contribution in [0.15, 0.2) is 30.3 Å². The molecule has 184 valence electrons. The molecule has 1 atom stereocenters. The molecule has 0 saturated heterocycles. The molecule has 2 aromatic carbocycles. The molecule has 1 unspecified atom stereocenters. The first-order valence-corrected chi connectivity index (χ1v) is 12.7. The van der Waals surface area contributed by atoms with Crippen molar-refractivity contribution in [3.63, 3.8) is 0 Å². The van der Waals surface area contributed by atoms with Crippen molar-refractivity contribution in [2.75, 3.05) is 38.2 Å². The summed E-state index contributed by atoms with van der Waals surface area (Å²) in [6.07, 6.45) is 1.95. The van der Waals surface area contributed by atoms with Crippen LogP contribution >= 0.6 is 0 Å². The van der Waals surface area contributed by atoms with Gasteiger partial charge in [0.15, 0.2) is 11.5 Å². The van der Waals surface area contributed by atoms with Crippen molar-refractivity contribution in [2.45, 2.75) is 53.6 Å². The average molecular weight is 466 g/mol. The molecule has 0 spiro atoms. The zero-order valence-corrected chi connectivity index (χ0v) is 21.1. The second kappa shape index (κ2) is 11.1. The number of fused-ring (bicyclic) bond motifs is 2. The van der Waals surface area contributed by atoms with E-state index in [1.165, 1.54) is 16.8 Å². The molecule has 0 aromatic heterocycles. The summed E-state index contributed by atoms with van der Waals surface area (Å²) in [7, 11) is 0. The minimum atomic E-state index is -0.102. The van der Waals surface area contributed by atoms with Crippen LogP contribution in [0, 0.1) is 18.8 Å². The summed E-state index contributed by atoms with van der Waals surface area (Å²) in [6.45, 7) is 13.5. The summed E-state index contributed by atoms with van der Waals surface area (Å²) < 4.78 is 11.8. The third-order valence-electron chi connectivity index (χ3n) is 6.51. The topological polar surface area (TPSA) is 62.8 Å². The molecule has 2 aliphatic rings. The maximum atomic E-state index is 13.5. The second-order valence-electron chi connectivity index (χ2n) is 10.1. The van der Waals surface area contributed by atoms with E-state index in [2.05, 4.69) is 48.7 Å². The van der Waals surface area contributed by atoms with Crippen LogP contribution in [0.1, 0.15) is 49.4 Å². The van der Waals surface area contributed by atoms with Gasteiger partial charge in [-0.15, -0.1) is 0 Å². The quantitative estimate of drug-likeness (QED) is 0.570. The molecule has 1 amide bonds. The summed E-state index contributed by atoms with van der Waals surface area (Å²) in [6, 6.07) is 10.6. The van der Waals surface area contributed by atoms with Crippen LogP contribution in [0.2, 0.25) is 0 Å². The average Bonchev–Trinajstić information content (AvgIpc) is 3.16. The van der Waals surface area contributed by atoms with Gasteiger partial charge >= 0.3 is 0 Å². The first-order chi connectivity index (χ1) is 16.4. The van der Waals surface area contributed by atoms with E-state index in [9.17, 15) is 4.79 Å². The lowest BCUT2D eigenvalue weighted by atomic mass is 10.0. The molecule has 2 heterocycles. The minimum Gasteiger partial charge on any atom is -0.490 e. The van der Waals surface area contributed by atoms with Gasteiger partial charge in [0.1, 0.15) is 0 Å². The number of nitrogens with one attached hydrogen (secondary N) is 2. The Morgan fingerprint density at radius 1 is 1.18 bits per heavy atom. The molecular formula is C28H39N3O3. The summed E-state index contributed by atoms with van der Waals surface area (Å²) in [5, 5.41) is 6.96. The molecule has 0 bridgehead atoms. The fourth-order valence-electron chi connectivity index (χ4n) is 4.91. The van der Waals surface area contributed by atoms with Crippen LogP contribution in [0.25, 0.3) is 0 Å². The number of carbonyl (C=O) groups excluding carboxylic acids is 1. The van der Waals surface area contributed by atoms with E-state index in [1.54, 1.807) is 0 Å². The van der Waals surface area contributed by atoms with Gasteiger partial charge in [0, 0.05) is 50.7 Å². The van der Waals surface area contributed by atoms with Crippen molar-refractivity contribution >= 4 is 11.6 Å². The predicted molar refractivity (Wildman–Crippen MR) is 137 cm³/mol. The smallest absolute Gasteiger partial charge is 0.226 e. The molecule has 2 N–H and O–H groups in total. The van der Waals surface area contributed by atoms with Gasteiger partial charge in [-0.05, 0) is 53.6 Å². The van der Waals surface area contributed by atoms with Crippen LogP contribution < -0.4 is 20.1 Å². The van der Waals surface area contributed by atoms with E-state index in [0.717, 1.165) is 55.1 Å². The van der Waals surface area contributed by atoms with Crippen LogP contribution in [-0.2, 0) is 24.3 Å². The molecule has 0 radical (unpaired) electrons. The van der Waals surface area contributed by atoms with Crippen molar-refractivity contribution in [2.24, 2.45) is 11.8 Å². The largest absolute Gasteiger partial charge is 0.490 e. The Labute approximate surface area is 204 Å². The Kier molecular flexibility index (Phi) is 7.99. The highest BCUT2D eigenvalue weighted by Gasteiger charge is 2.23. The number of rotatable bonds is 9. The van der Waals surface area contributed by atoms with Crippen molar-refractivity contribution in [1.29, 1.82) is 0 Å². The lowest BCUT2D eigenvalue weighted by Gasteiger charge is -2.28. The molecule has 0 fully saturated rings. The Hall–Kier alpha value is -2.73. The van der Waals surface area contributed by atoms with E-state index in [-0.39, 0.29) is 11.8 Å². The highest BCUT2D eigenvalue weighted by atomic mass is 16.5. The number of anilines is 1. The molecule has 2 aliphatic heterocycles. The number of hydrogen-bond acceptors (Lipinski definition) is 5. The zero-order chi connectivity index (χ0) is 24.1. The minimum absolute atomic E-state index is 0.102. The summed E-state index contributed by atoms with van der Waals surface area (Å²) in [5.41, 5.74) is 6.12. The van der Waals surface area contributed by atoms with Crippen molar-refractivity contribution < 1.29 is 14.3 Å². The number of benzene rings is 2. The third kappa shape index (κ3) is 5.84. The van der Waals surface area contributed by atoms with Crippen LogP contribution in [0.5, 0.6) is 11.5 Å². The Morgan fingerprint density at radius 2 is 2.00 bits per heavy atom. The molecule has 6 nitrogen and oxygen atoms in total. The molecule has 4 rings (SSSR count). The van der Waals surface area contributed by atoms with Crippen molar-refractivity contribution in [3.8, 4) is 11.5 Å². The fourth-order valence-corrected chi connectivity index (χ4v) is 4.91. The SMILES string of the molecule is Cc1cc(CN(CC(C)C)C(=O)C(C)CNCc2cccc3c2CCN3)cc2c1OCCCO2. The third-order valence-corrected chi connectivity index (χ3v) is 6.51.